The largest absolute Gasteiger partial charge is 0.481 e. The fourth-order valence-corrected chi connectivity index (χ4v) is 5.46. The van der Waals surface area contributed by atoms with E-state index in [4.69, 9.17) is 11.6 Å². The number of carbonyl (C=O) groups is 1. The van der Waals surface area contributed by atoms with E-state index in [2.05, 4.69) is 27.2 Å². The molecule has 3 fully saturated rings. The van der Waals surface area contributed by atoms with E-state index in [1.54, 1.807) is 0 Å². The fraction of sp³-hybridized carbons (Fsp3) is 0.667. The number of aliphatic carboxylic acids is 1. The minimum absolute atomic E-state index is 0.204. The van der Waals surface area contributed by atoms with Crippen LogP contribution in [0, 0.1) is 5.92 Å². The van der Waals surface area contributed by atoms with Gasteiger partial charge in [0, 0.05) is 35.9 Å². The molecule has 0 amide bonds. The quantitative estimate of drug-likeness (QED) is 0.824. The van der Waals surface area contributed by atoms with Gasteiger partial charge in [0.25, 0.3) is 0 Å². The SMILES string of the molecule is O=C(O)C1CCN(c2cc(Cl)cc(CN3CCCC34CCNCC4)c2)CC1. The Kier molecular flexibility index (Phi) is 5.62. The van der Waals surface area contributed by atoms with Gasteiger partial charge in [-0.05, 0) is 81.9 Å². The zero-order valence-corrected chi connectivity index (χ0v) is 16.7. The number of nitrogens with one attached hydrogen (secondary N) is 1. The van der Waals surface area contributed by atoms with Crippen LogP contribution in [0.5, 0.6) is 0 Å². The van der Waals surface area contributed by atoms with Crippen molar-refractivity contribution >= 4 is 23.3 Å². The van der Waals surface area contributed by atoms with E-state index in [1.165, 1.54) is 37.8 Å². The molecule has 5 nitrogen and oxygen atoms in total. The van der Waals surface area contributed by atoms with Crippen LogP contribution in [-0.4, -0.2) is 54.2 Å². The molecule has 1 aromatic rings. The Balaban J connectivity index is 1.47. The number of anilines is 1. The summed E-state index contributed by atoms with van der Waals surface area (Å²) in [5, 5.41) is 13.5. The minimum Gasteiger partial charge on any atom is -0.481 e. The van der Waals surface area contributed by atoms with Crippen molar-refractivity contribution in [2.45, 2.75) is 50.6 Å². The third kappa shape index (κ3) is 4.10. The first-order valence-corrected chi connectivity index (χ1v) is 10.7. The van der Waals surface area contributed by atoms with Crippen molar-refractivity contribution in [3.05, 3.63) is 28.8 Å². The second-order valence-corrected chi connectivity index (χ2v) is 8.85. The molecule has 3 aliphatic rings. The number of benzene rings is 1. The highest BCUT2D eigenvalue weighted by atomic mass is 35.5. The number of piperidine rings is 2. The van der Waals surface area contributed by atoms with Crippen LogP contribution in [0.4, 0.5) is 5.69 Å². The molecule has 27 heavy (non-hydrogen) atoms. The van der Waals surface area contributed by atoms with Gasteiger partial charge in [-0.25, -0.2) is 0 Å². The van der Waals surface area contributed by atoms with Crippen LogP contribution in [0.3, 0.4) is 0 Å². The second-order valence-electron chi connectivity index (χ2n) is 8.42. The Labute approximate surface area is 166 Å². The van der Waals surface area contributed by atoms with Gasteiger partial charge < -0.3 is 15.3 Å². The molecular weight excluding hydrogens is 362 g/mol. The van der Waals surface area contributed by atoms with E-state index in [0.29, 0.717) is 18.4 Å². The highest BCUT2D eigenvalue weighted by Crippen LogP contribution is 2.38. The monoisotopic (exact) mass is 391 g/mol. The second kappa shape index (κ2) is 7.98. The van der Waals surface area contributed by atoms with Crippen LogP contribution in [0.15, 0.2) is 18.2 Å². The highest BCUT2D eigenvalue weighted by molar-refractivity contribution is 6.30. The molecule has 4 rings (SSSR count). The van der Waals surface area contributed by atoms with Crippen LogP contribution >= 0.6 is 11.6 Å². The standard InChI is InChI=1S/C21H30ClN3O2/c22-18-12-16(15-25-9-1-4-21(25)5-7-23-8-6-21)13-19(14-18)24-10-2-17(3-11-24)20(26)27/h12-14,17,23H,1-11,15H2,(H,26,27). The Morgan fingerprint density at radius 1 is 1.15 bits per heavy atom. The molecule has 0 aromatic heterocycles. The summed E-state index contributed by atoms with van der Waals surface area (Å²) in [6.07, 6.45) is 6.49. The number of hydrogen-bond acceptors (Lipinski definition) is 4. The van der Waals surface area contributed by atoms with Gasteiger partial charge >= 0.3 is 5.97 Å². The molecule has 0 atom stereocenters. The molecule has 1 aromatic carbocycles. The minimum atomic E-state index is -0.664. The molecular formula is C21H30ClN3O2. The summed E-state index contributed by atoms with van der Waals surface area (Å²) >= 11 is 6.46. The van der Waals surface area contributed by atoms with Gasteiger partial charge in [-0.2, -0.15) is 0 Å². The van der Waals surface area contributed by atoms with Crippen LogP contribution < -0.4 is 10.2 Å². The molecule has 148 valence electrons. The molecule has 0 saturated carbocycles. The summed E-state index contributed by atoms with van der Waals surface area (Å²) in [7, 11) is 0. The van der Waals surface area contributed by atoms with Crippen molar-refractivity contribution < 1.29 is 9.90 Å². The average Bonchev–Trinajstić information content (AvgIpc) is 3.03. The first kappa shape index (κ1) is 19.0. The molecule has 1 spiro atoms. The summed E-state index contributed by atoms with van der Waals surface area (Å²) in [4.78, 5) is 16.2. The Bertz CT molecular complexity index is 682. The summed E-state index contributed by atoms with van der Waals surface area (Å²) in [5.41, 5.74) is 2.78. The summed E-state index contributed by atoms with van der Waals surface area (Å²) < 4.78 is 0. The number of nitrogens with zero attached hydrogens (tertiary/aromatic N) is 2. The third-order valence-electron chi connectivity index (χ3n) is 6.80. The van der Waals surface area contributed by atoms with Crippen molar-refractivity contribution in [1.82, 2.24) is 10.2 Å². The predicted molar refractivity (Wildman–Crippen MR) is 109 cm³/mol. The average molecular weight is 392 g/mol. The van der Waals surface area contributed by atoms with Crippen LogP contribution in [-0.2, 0) is 11.3 Å². The van der Waals surface area contributed by atoms with Crippen molar-refractivity contribution in [1.29, 1.82) is 0 Å². The Morgan fingerprint density at radius 2 is 1.89 bits per heavy atom. The number of hydrogen-bond donors (Lipinski definition) is 2. The fourth-order valence-electron chi connectivity index (χ4n) is 5.21. The lowest BCUT2D eigenvalue weighted by Crippen LogP contribution is -2.50. The van der Waals surface area contributed by atoms with E-state index < -0.39 is 5.97 Å². The van der Waals surface area contributed by atoms with Crippen molar-refractivity contribution in [2.24, 2.45) is 5.92 Å². The first-order chi connectivity index (χ1) is 13.1. The topological polar surface area (TPSA) is 55.8 Å². The number of carboxylic acids is 1. The lowest BCUT2D eigenvalue weighted by atomic mass is 9.85. The zero-order chi connectivity index (χ0) is 18.9. The molecule has 2 N–H and O–H groups in total. The van der Waals surface area contributed by atoms with Gasteiger partial charge in [-0.1, -0.05) is 11.6 Å². The maximum Gasteiger partial charge on any atom is 0.306 e. The van der Waals surface area contributed by atoms with Gasteiger partial charge in [0.05, 0.1) is 5.92 Å². The highest BCUT2D eigenvalue weighted by Gasteiger charge is 2.41. The van der Waals surface area contributed by atoms with Crippen LogP contribution in [0.25, 0.3) is 0 Å². The lowest BCUT2D eigenvalue weighted by molar-refractivity contribution is -0.142. The Hall–Kier alpha value is -1.30. The maximum absolute atomic E-state index is 11.2. The normalized spacial score (nSPS) is 23.8. The van der Waals surface area contributed by atoms with Crippen molar-refractivity contribution in [3.63, 3.8) is 0 Å². The van der Waals surface area contributed by atoms with Crippen LogP contribution in [0.1, 0.15) is 44.1 Å². The summed E-state index contributed by atoms with van der Waals surface area (Å²) in [6.45, 7) is 5.95. The molecule has 3 heterocycles. The Morgan fingerprint density at radius 3 is 2.59 bits per heavy atom. The maximum atomic E-state index is 11.2. The number of halogens is 1. The molecule has 3 aliphatic heterocycles. The number of rotatable bonds is 4. The van der Waals surface area contributed by atoms with E-state index in [1.807, 2.05) is 6.07 Å². The molecule has 0 unspecified atom stereocenters. The van der Waals surface area contributed by atoms with E-state index >= 15 is 0 Å². The van der Waals surface area contributed by atoms with Gasteiger partial charge in [0.15, 0.2) is 0 Å². The summed E-state index contributed by atoms with van der Waals surface area (Å²) in [6, 6.07) is 6.39. The van der Waals surface area contributed by atoms with Gasteiger partial charge in [0.1, 0.15) is 0 Å². The van der Waals surface area contributed by atoms with Crippen molar-refractivity contribution in [2.75, 3.05) is 37.6 Å². The van der Waals surface area contributed by atoms with Crippen molar-refractivity contribution in [3.8, 4) is 0 Å². The molecule has 0 aliphatic carbocycles. The molecule has 0 radical (unpaired) electrons. The van der Waals surface area contributed by atoms with Gasteiger partial charge in [-0.3, -0.25) is 9.69 Å². The molecule has 3 saturated heterocycles. The van der Waals surface area contributed by atoms with Gasteiger partial charge in [0.2, 0.25) is 0 Å². The first-order valence-electron chi connectivity index (χ1n) is 10.3. The van der Waals surface area contributed by atoms with Crippen LogP contribution in [0.2, 0.25) is 5.02 Å². The lowest BCUT2D eigenvalue weighted by Gasteiger charge is -2.42. The van der Waals surface area contributed by atoms with E-state index in [9.17, 15) is 9.90 Å². The smallest absolute Gasteiger partial charge is 0.306 e. The molecule has 0 bridgehead atoms. The number of carboxylic acid groups (broad SMARTS) is 1. The predicted octanol–water partition coefficient (Wildman–Crippen LogP) is 3.36. The zero-order valence-electron chi connectivity index (χ0n) is 15.9. The van der Waals surface area contributed by atoms with E-state index in [-0.39, 0.29) is 5.92 Å². The van der Waals surface area contributed by atoms with E-state index in [0.717, 1.165) is 43.4 Å². The molecule has 6 heteroatoms. The summed E-state index contributed by atoms with van der Waals surface area (Å²) in [5.74, 6) is -0.869. The third-order valence-corrected chi connectivity index (χ3v) is 7.02. The van der Waals surface area contributed by atoms with Gasteiger partial charge in [-0.15, -0.1) is 0 Å². The number of likely N-dealkylation sites (tertiary alicyclic amines) is 1.